The molecule has 4 nitrogen and oxygen atoms in total. The Kier molecular flexibility index (Phi) is 3.55. The minimum Gasteiger partial charge on any atom is -0.488 e. The van der Waals surface area contributed by atoms with E-state index in [0.29, 0.717) is 12.1 Å². The Balaban J connectivity index is 1.85. The predicted molar refractivity (Wildman–Crippen MR) is 82.6 cm³/mol. The zero-order valence-electron chi connectivity index (χ0n) is 12.4. The summed E-state index contributed by atoms with van der Waals surface area (Å²) in [6, 6.07) is 9.96. The molecule has 1 aliphatic heterocycles. The molecule has 1 aromatic heterocycles. The van der Waals surface area contributed by atoms with Gasteiger partial charge in [0.15, 0.2) is 0 Å². The predicted octanol–water partition coefficient (Wildman–Crippen LogP) is 1.93. The first kappa shape index (κ1) is 13.9. The molecule has 0 amide bonds. The van der Waals surface area contributed by atoms with E-state index in [9.17, 15) is 4.79 Å². The first-order valence-electron chi connectivity index (χ1n) is 7.24. The maximum Gasteiger partial charge on any atom is 0.255 e. The second-order valence-corrected chi connectivity index (χ2v) is 5.67. The lowest BCUT2D eigenvalue weighted by Gasteiger charge is -2.16. The molecular weight excluding hydrogens is 264 g/mol. The molecule has 2 aromatic rings. The molecule has 4 heteroatoms. The van der Waals surface area contributed by atoms with Crippen molar-refractivity contribution in [2.75, 3.05) is 0 Å². The first-order valence-corrected chi connectivity index (χ1v) is 7.24. The van der Waals surface area contributed by atoms with Crippen molar-refractivity contribution in [1.82, 2.24) is 4.57 Å². The Bertz CT molecular complexity index is 734. The molecule has 2 heterocycles. The molecule has 110 valence electrons. The maximum absolute atomic E-state index is 12.4. The van der Waals surface area contributed by atoms with Crippen LogP contribution in [0.2, 0.25) is 0 Å². The molecule has 3 rings (SSSR count). The van der Waals surface area contributed by atoms with Gasteiger partial charge >= 0.3 is 0 Å². The lowest BCUT2D eigenvalue weighted by molar-refractivity contribution is 0.206. The van der Waals surface area contributed by atoms with E-state index < -0.39 is 0 Å². The largest absolute Gasteiger partial charge is 0.488 e. The van der Waals surface area contributed by atoms with Crippen LogP contribution in [0.4, 0.5) is 0 Å². The minimum atomic E-state index is -0.00626. The number of fused-ring (bicyclic) bond motifs is 1. The van der Waals surface area contributed by atoms with Gasteiger partial charge in [-0.1, -0.05) is 23.8 Å². The standard InChI is InChI=1S/C17H20N2O2/c1-11-3-6-16-14(7-11)8-15(21-16)10-19-12(2)4-5-13(9-18)17(19)20/h3-7,15H,8-10,18H2,1-2H3. The Hall–Kier alpha value is -2.07. The monoisotopic (exact) mass is 284 g/mol. The molecule has 1 unspecified atom stereocenters. The van der Waals surface area contributed by atoms with Crippen molar-refractivity contribution in [3.63, 3.8) is 0 Å². The normalized spacial score (nSPS) is 16.6. The van der Waals surface area contributed by atoms with Crippen molar-refractivity contribution in [3.8, 4) is 5.75 Å². The smallest absolute Gasteiger partial charge is 0.255 e. The highest BCUT2D eigenvalue weighted by atomic mass is 16.5. The Morgan fingerprint density at radius 2 is 2.10 bits per heavy atom. The summed E-state index contributed by atoms with van der Waals surface area (Å²) >= 11 is 0. The van der Waals surface area contributed by atoms with Crippen LogP contribution >= 0.6 is 0 Å². The van der Waals surface area contributed by atoms with Crippen LogP contribution in [-0.4, -0.2) is 10.7 Å². The summed E-state index contributed by atoms with van der Waals surface area (Å²) in [6.07, 6.45) is 0.849. The number of aromatic nitrogens is 1. The number of hydrogen-bond acceptors (Lipinski definition) is 3. The van der Waals surface area contributed by atoms with E-state index >= 15 is 0 Å². The summed E-state index contributed by atoms with van der Waals surface area (Å²) in [7, 11) is 0. The van der Waals surface area contributed by atoms with Gasteiger partial charge in [-0.25, -0.2) is 0 Å². The van der Waals surface area contributed by atoms with Crippen molar-refractivity contribution in [2.24, 2.45) is 5.73 Å². The molecule has 0 saturated carbocycles. The molecular formula is C17H20N2O2. The second kappa shape index (κ2) is 5.37. The quantitative estimate of drug-likeness (QED) is 0.937. The van der Waals surface area contributed by atoms with E-state index in [0.717, 1.165) is 17.9 Å². The van der Waals surface area contributed by atoms with Gasteiger partial charge in [0.1, 0.15) is 11.9 Å². The molecule has 0 bridgehead atoms. The van der Waals surface area contributed by atoms with Crippen LogP contribution < -0.4 is 16.0 Å². The molecule has 1 aliphatic rings. The second-order valence-electron chi connectivity index (χ2n) is 5.67. The van der Waals surface area contributed by atoms with Crippen molar-refractivity contribution in [2.45, 2.75) is 39.5 Å². The van der Waals surface area contributed by atoms with Gasteiger partial charge < -0.3 is 15.0 Å². The number of nitrogens with zero attached hydrogens (tertiary/aromatic N) is 1. The van der Waals surface area contributed by atoms with Gasteiger partial charge in [0.05, 0.1) is 6.54 Å². The van der Waals surface area contributed by atoms with Crippen LogP contribution in [0.15, 0.2) is 35.1 Å². The van der Waals surface area contributed by atoms with Crippen LogP contribution in [0.5, 0.6) is 5.75 Å². The lowest BCUT2D eigenvalue weighted by Crippen LogP contribution is -2.32. The van der Waals surface area contributed by atoms with E-state index in [1.165, 1.54) is 11.1 Å². The maximum atomic E-state index is 12.4. The number of pyridine rings is 1. The first-order chi connectivity index (χ1) is 10.1. The van der Waals surface area contributed by atoms with Crippen LogP contribution in [-0.2, 0) is 19.5 Å². The SMILES string of the molecule is Cc1ccc2c(c1)CC(Cn1c(C)ccc(CN)c1=O)O2. The lowest BCUT2D eigenvalue weighted by atomic mass is 10.1. The minimum absolute atomic E-state index is 0.00576. The highest BCUT2D eigenvalue weighted by molar-refractivity contribution is 5.40. The van der Waals surface area contributed by atoms with Gasteiger partial charge in [-0.2, -0.15) is 0 Å². The molecule has 0 radical (unpaired) electrons. The van der Waals surface area contributed by atoms with E-state index in [1.54, 1.807) is 4.57 Å². The highest BCUT2D eigenvalue weighted by Crippen LogP contribution is 2.30. The third-order valence-corrected chi connectivity index (χ3v) is 4.03. The van der Waals surface area contributed by atoms with Gasteiger partial charge in [0.25, 0.3) is 5.56 Å². The molecule has 1 aromatic carbocycles. The number of aryl methyl sites for hydroxylation is 2. The summed E-state index contributed by atoms with van der Waals surface area (Å²) in [5.41, 5.74) is 9.65. The number of benzene rings is 1. The van der Waals surface area contributed by atoms with E-state index in [4.69, 9.17) is 10.5 Å². The van der Waals surface area contributed by atoms with E-state index in [2.05, 4.69) is 13.0 Å². The van der Waals surface area contributed by atoms with Gasteiger partial charge in [-0.15, -0.1) is 0 Å². The zero-order valence-corrected chi connectivity index (χ0v) is 12.4. The van der Waals surface area contributed by atoms with Gasteiger partial charge in [-0.3, -0.25) is 4.79 Å². The number of rotatable bonds is 3. The fraction of sp³-hybridized carbons (Fsp3) is 0.353. The Morgan fingerprint density at radius 1 is 1.29 bits per heavy atom. The average molecular weight is 284 g/mol. The average Bonchev–Trinajstić information content (AvgIpc) is 2.85. The van der Waals surface area contributed by atoms with Crippen LogP contribution in [0.3, 0.4) is 0 Å². The fourth-order valence-corrected chi connectivity index (χ4v) is 2.85. The molecule has 1 atom stereocenters. The van der Waals surface area contributed by atoms with Crippen molar-refractivity contribution in [3.05, 3.63) is 63.1 Å². The van der Waals surface area contributed by atoms with Crippen molar-refractivity contribution in [1.29, 1.82) is 0 Å². The number of hydrogen-bond donors (Lipinski definition) is 1. The molecule has 21 heavy (non-hydrogen) atoms. The molecule has 0 fully saturated rings. The summed E-state index contributed by atoms with van der Waals surface area (Å²) in [6.45, 7) is 4.84. The third kappa shape index (κ3) is 2.59. The van der Waals surface area contributed by atoms with Crippen molar-refractivity contribution < 1.29 is 4.74 Å². The van der Waals surface area contributed by atoms with Crippen LogP contribution in [0.1, 0.15) is 22.4 Å². The fourth-order valence-electron chi connectivity index (χ4n) is 2.85. The van der Waals surface area contributed by atoms with Gasteiger partial charge in [0, 0.05) is 24.2 Å². The van der Waals surface area contributed by atoms with Crippen LogP contribution in [0.25, 0.3) is 0 Å². The summed E-state index contributed by atoms with van der Waals surface area (Å²) in [5.74, 6) is 0.936. The zero-order chi connectivity index (χ0) is 15.0. The highest BCUT2D eigenvalue weighted by Gasteiger charge is 2.24. The third-order valence-electron chi connectivity index (χ3n) is 4.03. The molecule has 2 N–H and O–H groups in total. The van der Waals surface area contributed by atoms with E-state index in [1.807, 2.05) is 31.2 Å². The van der Waals surface area contributed by atoms with Crippen molar-refractivity contribution >= 4 is 0 Å². The number of ether oxygens (including phenoxy) is 1. The van der Waals surface area contributed by atoms with E-state index in [-0.39, 0.29) is 18.2 Å². The van der Waals surface area contributed by atoms with Gasteiger partial charge in [-0.05, 0) is 31.5 Å². The molecule has 0 aliphatic carbocycles. The topological polar surface area (TPSA) is 57.2 Å². The summed E-state index contributed by atoms with van der Waals surface area (Å²) in [4.78, 5) is 12.4. The Labute approximate surface area is 124 Å². The van der Waals surface area contributed by atoms with Crippen LogP contribution in [0, 0.1) is 13.8 Å². The molecule has 0 saturated heterocycles. The summed E-state index contributed by atoms with van der Waals surface area (Å²) in [5, 5.41) is 0. The Morgan fingerprint density at radius 3 is 2.86 bits per heavy atom. The van der Waals surface area contributed by atoms with Gasteiger partial charge in [0.2, 0.25) is 0 Å². The molecule has 0 spiro atoms. The number of nitrogens with two attached hydrogens (primary N) is 1. The summed E-state index contributed by atoms with van der Waals surface area (Å²) < 4.78 is 7.73.